The summed E-state index contributed by atoms with van der Waals surface area (Å²) in [6, 6.07) is 8.62. The highest BCUT2D eigenvalue weighted by atomic mass is 16.6. The van der Waals surface area contributed by atoms with Gasteiger partial charge in [-0.05, 0) is 31.7 Å². The van der Waals surface area contributed by atoms with Crippen LogP contribution in [-0.2, 0) is 19.1 Å². The first kappa shape index (κ1) is 21.6. The van der Waals surface area contributed by atoms with Crippen LogP contribution in [0.15, 0.2) is 30.3 Å². The molecule has 30 heavy (non-hydrogen) atoms. The third-order valence-corrected chi connectivity index (χ3v) is 5.81. The number of likely N-dealkylation sites (tertiary alicyclic amines) is 2. The highest BCUT2D eigenvalue weighted by Gasteiger charge is 2.60. The lowest BCUT2D eigenvalue weighted by atomic mass is 9.85. The quantitative estimate of drug-likeness (QED) is 0.641. The molecule has 0 radical (unpaired) electrons. The maximum Gasteiger partial charge on any atom is 0.411 e. The van der Waals surface area contributed by atoms with E-state index in [1.54, 1.807) is 13.8 Å². The number of carbonyl (C=O) groups is 4. The highest BCUT2D eigenvalue weighted by Crippen LogP contribution is 2.39. The summed E-state index contributed by atoms with van der Waals surface area (Å²) in [4.78, 5) is 52.0. The summed E-state index contributed by atoms with van der Waals surface area (Å²) in [5, 5.41) is 2.53. The van der Waals surface area contributed by atoms with Gasteiger partial charge in [-0.15, -0.1) is 0 Å². The highest BCUT2D eigenvalue weighted by molar-refractivity contribution is 5.99. The first-order chi connectivity index (χ1) is 14.3. The van der Waals surface area contributed by atoms with Gasteiger partial charge in [-0.25, -0.2) is 4.79 Å². The van der Waals surface area contributed by atoms with E-state index in [1.807, 2.05) is 30.3 Å². The van der Waals surface area contributed by atoms with Crippen molar-refractivity contribution in [2.45, 2.75) is 50.8 Å². The van der Waals surface area contributed by atoms with E-state index in [1.165, 1.54) is 9.80 Å². The van der Waals surface area contributed by atoms with E-state index in [4.69, 9.17) is 10.5 Å². The van der Waals surface area contributed by atoms with Gasteiger partial charge in [0.2, 0.25) is 11.8 Å². The monoisotopic (exact) mass is 416 g/mol. The Morgan fingerprint density at radius 2 is 1.97 bits per heavy atom. The Balaban J connectivity index is 1.59. The van der Waals surface area contributed by atoms with E-state index >= 15 is 0 Å². The second-order valence-electron chi connectivity index (χ2n) is 7.82. The number of nitrogens with two attached hydrogens (primary N) is 1. The summed E-state index contributed by atoms with van der Waals surface area (Å²) in [5.74, 6) is -1.34. The number of β-lactam (4-membered cyclic amide) rings is 1. The Morgan fingerprint density at radius 3 is 2.57 bits per heavy atom. The molecule has 2 aliphatic heterocycles. The number of carbonyl (C=O) groups excluding carboxylic acids is 4. The van der Waals surface area contributed by atoms with E-state index in [0.29, 0.717) is 25.8 Å². The molecule has 4 amide bonds. The maximum atomic E-state index is 12.9. The van der Waals surface area contributed by atoms with E-state index < -0.39 is 35.6 Å². The molecule has 0 bridgehead atoms. The zero-order valence-electron chi connectivity index (χ0n) is 17.3. The third-order valence-electron chi connectivity index (χ3n) is 5.81. The van der Waals surface area contributed by atoms with Gasteiger partial charge in [0.15, 0.2) is 0 Å². The molecule has 0 aromatic heterocycles. The average molecular weight is 416 g/mol. The fourth-order valence-electron chi connectivity index (χ4n) is 4.11. The Morgan fingerprint density at radius 1 is 1.27 bits per heavy atom. The molecule has 2 heterocycles. The van der Waals surface area contributed by atoms with Crippen LogP contribution < -0.4 is 11.1 Å². The number of nitrogens with zero attached hydrogens (tertiary/aromatic N) is 2. The Kier molecular flexibility index (Phi) is 6.28. The first-order valence-corrected chi connectivity index (χ1v) is 10.2. The maximum absolute atomic E-state index is 12.9. The molecule has 3 rings (SSSR count). The van der Waals surface area contributed by atoms with Crippen LogP contribution in [0.2, 0.25) is 0 Å². The first-order valence-electron chi connectivity index (χ1n) is 10.2. The summed E-state index contributed by atoms with van der Waals surface area (Å²) in [6.07, 6.45) is 0.643. The number of benzene rings is 1. The fourth-order valence-corrected chi connectivity index (χ4v) is 4.11. The molecule has 2 fully saturated rings. The number of primary amides is 1. The van der Waals surface area contributed by atoms with Crippen molar-refractivity contribution in [1.29, 1.82) is 0 Å². The van der Waals surface area contributed by atoms with Crippen LogP contribution >= 0.6 is 0 Å². The number of rotatable bonds is 7. The second-order valence-corrected chi connectivity index (χ2v) is 7.82. The number of amides is 4. The van der Waals surface area contributed by atoms with E-state index in [-0.39, 0.29) is 19.0 Å². The van der Waals surface area contributed by atoms with Gasteiger partial charge < -0.3 is 20.7 Å². The number of nitrogens with one attached hydrogen (secondary N) is 1. The fraction of sp³-hybridized carbons (Fsp3) is 0.524. The topological polar surface area (TPSA) is 122 Å². The van der Waals surface area contributed by atoms with E-state index in [9.17, 15) is 19.2 Å². The minimum Gasteiger partial charge on any atom is -0.441 e. The number of hydrogen-bond acceptors (Lipinski definition) is 5. The van der Waals surface area contributed by atoms with Gasteiger partial charge in [0.25, 0.3) is 5.91 Å². The van der Waals surface area contributed by atoms with Gasteiger partial charge in [-0.2, -0.15) is 0 Å². The predicted molar refractivity (Wildman–Crippen MR) is 108 cm³/mol. The van der Waals surface area contributed by atoms with Crippen LogP contribution in [0.3, 0.4) is 0 Å². The molecule has 1 spiro atoms. The minimum atomic E-state index is -0.943. The van der Waals surface area contributed by atoms with Crippen LogP contribution in [0.1, 0.15) is 44.8 Å². The lowest BCUT2D eigenvalue weighted by Crippen LogP contribution is -2.73. The van der Waals surface area contributed by atoms with Crippen molar-refractivity contribution in [3.63, 3.8) is 0 Å². The summed E-state index contributed by atoms with van der Waals surface area (Å²) >= 11 is 0. The van der Waals surface area contributed by atoms with Gasteiger partial charge >= 0.3 is 6.09 Å². The number of ether oxygens (including phenoxy) is 1. The minimum absolute atomic E-state index is 0.173. The van der Waals surface area contributed by atoms with Crippen LogP contribution in [0.25, 0.3) is 0 Å². The molecule has 3 N–H and O–H groups in total. The van der Waals surface area contributed by atoms with Gasteiger partial charge in [-0.1, -0.05) is 37.3 Å². The van der Waals surface area contributed by atoms with Crippen molar-refractivity contribution >= 4 is 23.8 Å². The lowest BCUT2D eigenvalue weighted by Gasteiger charge is -2.50. The van der Waals surface area contributed by atoms with E-state index in [0.717, 1.165) is 5.56 Å². The number of hydrogen-bond donors (Lipinski definition) is 2. The van der Waals surface area contributed by atoms with Crippen LogP contribution in [0.4, 0.5) is 4.79 Å². The zero-order valence-corrected chi connectivity index (χ0v) is 17.3. The molecule has 3 atom stereocenters. The molecule has 2 aliphatic rings. The summed E-state index contributed by atoms with van der Waals surface area (Å²) in [7, 11) is 0. The van der Waals surface area contributed by atoms with Crippen molar-refractivity contribution in [3.05, 3.63) is 35.9 Å². The summed E-state index contributed by atoms with van der Waals surface area (Å²) in [6.45, 7) is 4.05. The van der Waals surface area contributed by atoms with Gasteiger partial charge in [0, 0.05) is 6.54 Å². The molecule has 2 saturated heterocycles. The lowest BCUT2D eigenvalue weighted by molar-refractivity contribution is -0.162. The molecule has 9 nitrogen and oxygen atoms in total. The standard InChI is InChI=1S/C21H28N4O5/c1-3-16(18(22)27)23-17(26)12-24-13-21(19(24)28)10-7-11-25(21)20(29)30-14(2)15-8-5-4-6-9-15/h4-6,8-9,14,16H,3,7,10-13H2,1-2H3,(H2,22,27)(H,23,26)/t14?,16-,21?/m0/s1. The van der Waals surface area contributed by atoms with Gasteiger partial charge in [0.1, 0.15) is 17.7 Å². The molecule has 0 saturated carbocycles. The molecular weight excluding hydrogens is 388 g/mol. The summed E-state index contributed by atoms with van der Waals surface area (Å²) in [5.41, 5.74) is 5.17. The van der Waals surface area contributed by atoms with Crippen LogP contribution in [0, 0.1) is 0 Å². The van der Waals surface area contributed by atoms with Gasteiger partial charge in [-0.3, -0.25) is 19.3 Å². The zero-order chi connectivity index (χ0) is 21.9. The van der Waals surface area contributed by atoms with Crippen molar-refractivity contribution in [2.75, 3.05) is 19.6 Å². The Labute approximate surface area is 175 Å². The SMILES string of the molecule is CC[C@H](NC(=O)CN1CC2(CCCN2C(=O)OC(C)c2ccccc2)C1=O)C(N)=O. The largest absolute Gasteiger partial charge is 0.441 e. The normalized spacial score (nSPS) is 22.4. The molecule has 162 valence electrons. The smallest absolute Gasteiger partial charge is 0.411 e. The Bertz CT molecular complexity index is 830. The molecule has 1 aromatic carbocycles. The second kappa shape index (κ2) is 8.73. The van der Waals surface area contributed by atoms with Crippen LogP contribution in [0.5, 0.6) is 0 Å². The Hall–Kier alpha value is -3.10. The predicted octanol–water partition coefficient (Wildman–Crippen LogP) is 0.941. The van der Waals surface area contributed by atoms with Gasteiger partial charge in [0.05, 0.1) is 13.1 Å². The summed E-state index contributed by atoms with van der Waals surface area (Å²) < 4.78 is 5.60. The molecule has 1 aromatic rings. The van der Waals surface area contributed by atoms with Crippen molar-refractivity contribution < 1.29 is 23.9 Å². The van der Waals surface area contributed by atoms with Crippen molar-refractivity contribution in [3.8, 4) is 0 Å². The van der Waals surface area contributed by atoms with E-state index in [2.05, 4.69) is 5.32 Å². The van der Waals surface area contributed by atoms with Crippen LogP contribution in [-0.4, -0.2) is 64.8 Å². The molecule has 9 heteroatoms. The average Bonchev–Trinajstić information content (AvgIpc) is 3.18. The molecular formula is C21H28N4O5. The van der Waals surface area contributed by atoms with Crippen molar-refractivity contribution in [2.24, 2.45) is 5.73 Å². The molecule has 2 unspecified atom stereocenters. The third kappa shape index (κ3) is 4.10. The van der Waals surface area contributed by atoms with Crippen molar-refractivity contribution in [1.82, 2.24) is 15.1 Å². The molecule has 0 aliphatic carbocycles.